The molecule has 1 N–H and O–H groups in total. The zero-order valence-electron chi connectivity index (χ0n) is 17.1. The van der Waals surface area contributed by atoms with Crippen LogP contribution in [0.2, 0.25) is 0 Å². The van der Waals surface area contributed by atoms with E-state index in [1.807, 2.05) is 27.4 Å². The van der Waals surface area contributed by atoms with Crippen molar-refractivity contribution in [1.82, 2.24) is 24.2 Å². The topological polar surface area (TPSA) is 96.7 Å². The van der Waals surface area contributed by atoms with Gasteiger partial charge in [0.15, 0.2) is 5.82 Å². The zero-order chi connectivity index (χ0) is 22.1. The first-order valence-corrected chi connectivity index (χ1v) is 13.5. The number of hydrogen-bond acceptors (Lipinski definition) is 7. The molecule has 11 heteroatoms. The number of benzene rings is 1. The fraction of sp³-hybridized carbons (Fsp3) is 0.286. The SMILES string of the molecule is O=C(NCCc1csc2nc(-c3cccs3)nn12)c1ccc(S(=O)(=O)N2CCCC2)cc1. The normalized spacial score (nSPS) is 14.9. The molecule has 1 fully saturated rings. The smallest absolute Gasteiger partial charge is 0.251 e. The van der Waals surface area contributed by atoms with E-state index in [-0.39, 0.29) is 10.8 Å². The lowest BCUT2D eigenvalue weighted by Crippen LogP contribution is -2.28. The van der Waals surface area contributed by atoms with E-state index in [1.54, 1.807) is 23.5 Å². The van der Waals surface area contributed by atoms with Gasteiger partial charge in [-0.2, -0.15) is 9.29 Å². The van der Waals surface area contributed by atoms with Gasteiger partial charge in [-0.3, -0.25) is 4.79 Å². The van der Waals surface area contributed by atoms with E-state index < -0.39 is 10.0 Å². The van der Waals surface area contributed by atoms with Gasteiger partial charge in [-0.15, -0.1) is 27.8 Å². The van der Waals surface area contributed by atoms with Gasteiger partial charge in [-0.1, -0.05) is 6.07 Å². The van der Waals surface area contributed by atoms with Crippen LogP contribution in [0.1, 0.15) is 28.9 Å². The van der Waals surface area contributed by atoms with E-state index in [0.717, 1.165) is 28.4 Å². The summed E-state index contributed by atoms with van der Waals surface area (Å²) >= 11 is 3.12. The second-order valence-corrected chi connectivity index (χ2v) is 11.2. The highest BCUT2D eigenvalue weighted by molar-refractivity contribution is 7.89. The van der Waals surface area contributed by atoms with Crippen LogP contribution in [0, 0.1) is 0 Å². The summed E-state index contributed by atoms with van der Waals surface area (Å²) in [5.74, 6) is 0.473. The third-order valence-corrected chi connectivity index (χ3v) is 9.02. The van der Waals surface area contributed by atoms with Gasteiger partial charge in [0.25, 0.3) is 5.91 Å². The molecule has 0 bridgehead atoms. The molecule has 32 heavy (non-hydrogen) atoms. The molecule has 0 spiro atoms. The van der Waals surface area contributed by atoms with Gasteiger partial charge in [-0.25, -0.2) is 12.9 Å². The van der Waals surface area contributed by atoms with Crippen molar-refractivity contribution in [3.63, 3.8) is 0 Å². The molecule has 0 atom stereocenters. The number of aromatic nitrogens is 3. The summed E-state index contributed by atoms with van der Waals surface area (Å²) in [5.41, 5.74) is 1.41. The Hall–Kier alpha value is -2.60. The minimum absolute atomic E-state index is 0.226. The van der Waals surface area contributed by atoms with Gasteiger partial charge in [-0.05, 0) is 48.6 Å². The Morgan fingerprint density at radius 2 is 1.88 bits per heavy atom. The van der Waals surface area contributed by atoms with Crippen molar-refractivity contribution in [3.8, 4) is 10.7 Å². The predicted molar refractivity (Wildman–Crippen MR) is 125 cm³/mol. The minimum atomic E-state index is -3.48. The molecule has 0 radical (unpaired) electrons. The molecule has 1 aliphatic heterocycles. The monoisotopic (exact) mass is 487 g/mol. The molecule has 166 valence electrons. The number of fused-ring (bicyclic) bond motifs is 1. The molecule has 1 aliphatic rings. The van der Waals surface area contributed by atoms with Crippen molar-refractivity contribution in [2.24, 2.45) is 0 Å². The number of nitrogens with zero attached hydrogens (tertiary/aromatic N) is 4. The maximum atomic E-state index is 12.6. The van der Waals surface area contributed by atoms with E-state index >= 15 is 0 Å². The number of rotatable bonds is 7. The van der Waals surface area contributed by atoms with Crippen LogP contribution < -0.4 is 5.32 Å². The van der Waals surface area contributed by atoms with E-state index in [0.29, 0.717) is 37.4 Å². The van der Waals surface area contributed by atoms with Crippen LogP contribution in [0.3, 0.4) is 0 Å². The van der Waals surface area contributed by atoms with Gasteiger partial charge in [0.1, 0.15) is 0 Å². The zero-order valence-corrected chi connectivity index (χ0v) is 19.5. The van der Waals surface area contributed by atoms with Crippen molar-refractivity contribution < 1.29 is 13.2 Å². The Morgan fingerprint density at radius 3 is 2.59 bits per heavy atom. The molecular weight excluding hydrogens is 466 g/mol. The third kappa shape index (κ3) is 4.08. The number of nitrogens with one attached hydrogen (secondary N) is 1. The maximum Gasteiger partial charge on any atom is 0.251 e. The summed E-state index contributed by atoms with van der Waals surface area (Å²) in [4.78, 5) is 19.1. The maximum absolute atomic E-state index is 12.6. The highest BCUT2D eigenvalue weighted by atomic mass is 32.2. The second-order valence-electron chi connectivity index (χ2n) is 7.48. The molecule has 0 unspecified atom stereocenters. The van der Waals surface area contributed by atoms with E-state index in [9.17, 15) is 13.2 Å². The van der Waals surface area contributed by atoms with E-state index in [1.165, 1.54) is 27.8 Å². The lowest BCUT2D eigenvalue weighted by atomic mass is 10.2. The Balaban J connectivity index is 1.21. The fourth-order valence-electron chi connectivity index (χ4n) is 3.67. The Kier molecular flexibility index (Phi) is 5.80. The molecular formula is C21H21N5O3S3. The van der Waals surface area contributed by atoms with Gasteiger partial charge < -0.3 is 5.32 Å². The van der Waals surface area contributed by atoms with Crippen molar-refractivity contribution in [3.05, 3.63) is 58.4 Å². The highest BCUT2D eigenvalue weighted by Gasteiger charge is 2.27. The average molecular weight is 488 g/mol. The molecule has 8 nitrogen and oxygen atoms in total. The van der Waals surface area contributed by atoms with Gasteiger partial charge in [0.05, 0.1) is 15.5 Å². The van der Waals surface area contributed by atoms with Crippen LogP contribution in [0.5, 0.6) is 0 Å². The molecule has 1 aromatic carbocycles. The van der Waals surface area contributed by atoms with Gasteiger partial charge in [0, 0.05) is 37.0 Å². The Bertz CT molecular complexity index is 1340. The van der Waals surface area contributed by atoms with Crippen LogP contribution in [-0.2, 0) is 16.4 Å². The van der Waals surface area contributed by atoms with Gasteiger partial charge >= 0.3 is 0 Å². The number of thiazole rings is 1. The molecule has 3 aromatic heterocycles. The highest BCUT2D eigenvalue weighted by Crippen LogP contribution is 2.24. The van der Waals surface area contributed by atoms with Crippen molar-refractivity contribution in [2.75, 3.05) is 19.6 Å². The van der Waals surface area contributed by atoms with Crippen LogP contribution in [0.25, 0.3) is 15.7 Å². The molecule has 0 aliphatic carbocycles. The molecule has 4 heterocycles. The van der Waals surface area contributed by atoms with Crippen molar-refractivity contribution >= 4 is 43.6 Å². The summed E-state index contributed by atoms with van der Waals surface area (Å²) in [7, 11) is -3.48. The Morgan fingerprint density at radius 1 is 1.09 bits per heavy atom. The molecule has 0 saturated carbocycles. The first-order valence-electron chi connectivity index (χ1n) is 10.3. The van der Waals surface area contributed by atoms with E-state index in [4.69, 9.17) is 0 Å². The lowest BCUT2D eigenvalue weighted by molar-refractivity contribution is 0.0954. The number of sulfonamides is 1. The first-order chi connectivity index (χ1) is 15.5. The lowest BCUT2D eigenvalue weighted by Gasteiger charge is -2.15. The van der Waals surface area contributed by atoms with Crippen LogP contribution >= 0.6 is 22.7 Å². The summed E-state index contributed by atoms with van der Waals surface area (Å²) in [6.07, 6.45) is 2.39. The largest absolute Gasteiger partial charge is 0.352 e. The number of carbonyl (C=O) groups excluding carboxylic acids is 1. The summed E-state index contributed by atoms with van der Waals surface area (Å²) in [6, 6.07) is 10.1. The average Bonchev–Trinajstić information content (AvgIpc) is 3.59. The predicted octanol–water partition coefficient (Wildman–Crippen LogP) is 3.28. The van der Waals surface area contributed by atoms with Crippen molar-refractivity contribution in [2.45, 2.75) is 24.2 Å². The summed E-state index contributed by atoms with van der Waals surface area (Å²) in [6.45, 7) is 1.55. The van der Waals surface area contributed by atoms with Crippen LogP contribution in [0.4, 0.5) is 0 Å². The molecule has 4 aromatic rings. The summed E-state index contributed by atoms with van der Waals surface area (Å²) < 4.78 is 28.6. The molecule has 1 amide bonds. The molecule has 5 rings (SSSR count). The van der Waals surface area contributed by atoms with Crippen LogP contribution in [-0.4, -0.2) is 52.9 Å². The fourth-order valence-corrected chi connectivity index (χ4v) is 6.69. The quantitative estimate of drug-likeness (QED) is 0.432. The Labute approximate surface area is 193 Å². The van der Waals surface area contributed by atoms with E-state index in [2.05, 4.69) is 15.4 Å². The molecule has 1 saturated heterocycles. The second kappa shape index (κ2) is 8.74. The first kappa shape index (κ1) is 21.3. The number of hydrogen-bond donors (Lipinski definition) is 1. The number of carbonyl (C=O) groups is 1. The van der Waals surface area contributed by atoms with Crippen molar-refractivity contribution in [1.29, 1.82) is 0 Å². The number of amides is 1. The van der Waals surface area contributed by atoms with Crippen LogP contribution in [0.15, 0.2) is 52.1 Å². The third-order valence-electron chi connectivity index (χ3n) is 5.38. The summed E-state index contributed by atoms with van der Waals surface area (Å²) in [5, 5.41) is 11.5. The minimum Gasteiger partial charge on any atom is -0.352 e. The number of thiophene rings is 1. The standard InChI is InChI=1S/C21H21N5O3S3/c27-20(15-5-7-17(8-6-15)32(28,29)25-11-1-2-12-25)22-10-9-16-14-31-21-23-19(24-26(16)21)18-4-3-13-30-18/h3-8,13-14H,1-2,9-12H2,(H,22,27). The van der Waals surface area contributed by atoms with Gasteiger partial charge in [0.2, 0.25) is 15.0 Å².